The van der Waals surface area contributed by atoms with E-state index in [0.717, 1.165) is 25.9 Å². The zero-order valence-electron chi connectivity index (χ0n) is 10.4. The lowest BCUT2D eigenvalue weighted by Crippen LogP contribution is -2.56. The minimum Gasteiger partial charge on any atom is -0.366 e. The maximum absolute atomic E-state index is 12.4. The minimum absolute atomic E-state index is 0.0146. The zero-order valence-corrected chi connectivity index (χ0v) is 10.4. The van der Waals surface area contributed by atoms with Crippen LogP contribution in [0.5, 0.6) is 0 Å². The second-order valence-corrected chi connectivity index (χ2v) is 5.16. The Morgan fingerprint density at radius 1 is 1.39 bits per heavy atom. The van der Waals surface area contributed by atoms with Gasteiger partial charge in [-0.3, -0.25) is 9.59 Å². The molecule has 0 aromatic carbocycles. The summed E-state index contributed by atoms with van der Waals surface area (Å²) in [4.78, 5) is 25.9. The van der Waals surface area contributed by atoms with Crippen molar-refractivity contribution in [3.8, 4) is 0 Å². The molecule has 6 nitrogen and oxygen atoms in total. The highest BCUT2D eigenvalue weighted by atomic mass is 16.5. The Bertz CT molecular complexity index is 354. The van der Waals surface area contributed by atoms with Gasteiger partial charge in [-0.25, -0.2) is 0 Å². The lowest BCUT2D eigenvalue weighted by atomic mass is 9.91. The van der Waals surface area contributed by atoms with Gasteiger partial charge in [-0.2, -0.15) is 0 Å². The van der Waals surface area contributed by atoms with Crippen LogP contribution >= 0.6 is 0 Å². The first-order valence-corrected chi connectivity index (χ1v) is 6.68. The maximum atomic E-state index is 12.4. The van der Waals surface area contributed by atoms with Gasteiger partial charge in [0, 0.05) is 26.2 Å². The van der Waals surface area contributed by atoms with Crippen LogP contribution in [0.1, 0.15) is 12.8 Å². The van der Waals surface area contributed by atoms with Crippen LogP contribution in [0.2, 0.25) is 0 Å². The van der Waals surface area contributed by atoms with Crippen molar-refractivity contribution in [2.75, 3.05) is 32.8 Å². The smallest absolute Gasteiger partial charge is 0.253 e. The molecule has 6 heteroatoms. The van der Waals surface area contributed by atoms with Crippen LogP contribution in [0.25, 0.3) is 0 Å². The number of amides is 2. The molecule has 3 atom stereocenters. The van der Waals surface area contributed by atoms with Crippen LogP contribution < -0.4 is 10.6 Å². The number of ether oxygens (including phenoxy) is 1. The Morgan fingerprint density at radius 2 is 2.28 bits per heavy atom. The van der Waals surface area contributed by atoms with E-state index in [9.17, 15) is 9.59 Å². The molecule has 0 saturated carbocycles. The summed E-state index contributed by atoms with van der Waals surface area (Å²) in [5, 5.41) is 6.03. The van der Waals surface area contributed by atoms with E-state index >= 15 is 0 Å². The van der Waals surface area contributed by atoms with Gasteiger partial charge in [-0.05, 0) is 12.8 Å². The van der Waals surface area contributed by atoms with Crippen molar-refractivity contribution >= 4 is 11.8 Å². The van der Waals surface area contributed by atoms with Gasteiger partial charge >= 0.3 is 0 Å². The molecule has 18 heavy (non-hydrogen) atoms. The normalized spacial score (nSPS) is 36.1. The third-order valence-electron chi connectivity index (χ3n) is 4.09. The minimum atomic E-state index is -0.381. The number of fused-ring (bicyclic) bond motifs is 1. The molecular weight excluding hydrogens is 234 g/mol. The van der Waals surface area contributed by atoms with E-state index in [1.54, 1.807) is 0 Å². The van der Waals surface area contributed by atoms with Gasteiger partial charge in [0.1, 0.15) is 6.10 Å². The van der Waals surface area contributed by atoms with Gasteiger partial charge in [-0.1, -0.05) is 0 Å². The van der Waals surface area contributed by atoms with Crippen molar-refractivity contribution in [1.29, 1.82) is 0 Å². The molecule has 0 radical (unpaired) electrons. The number of piperidine rings is 1. The fourth-order valence-electron chi connectivity index (χ4n) is 3.13. The van der Waals surface area contributed by atoms with E-state index in [0.29, 0.717) is 19.7 Å². The standard InChI is InChI=1S/C12H19N3O3/c16-11-8-2-1-4-15(9(8)6-14-11)12(17)10-7-13-3-5-18-10/h8-10,13H,1-7H2,(H,14,16). The second kappa shape index (κ2) is 4.85. The summed E-state index contributed by atoms with van der Waals surface area (Å²) < 4.78 is 5.51. The molecule has 100 valence electrons. The fraction of sp³-hybridized carbons (Fsp3) is 0.833. The summed E-state index contributed by atoms with van der Waals surface area (Å²) in [7, 11) is 0. The van der Waals surface area contributed by atoms with Gasteiger partial charge in [0.2, 0.25) is 5.91 Å². The number of nitrogens with zero attached hydrogens (tertiary/aromatic N) is 1. The largest absolute Gasteiger partial charge is 0.366 e. The van der Waals surface area contributed by atoms with Crippen molar-refractivity contribution in [2.24, 2.45) is 5.92 Å². The van der Waals surface area contributed by atoms with Crippen molar-refractivity contribution in [1.82, 2.24) is 15.5 Å². The van der Waals surface area contributed by atoms with Crippen LogP contribution in [0.15, 0.2) is 0 Å². The van der Waals surface area contributed by atoms with Crippen molar-refractivity contribution in [2.45, 2.75) is 25.0 Å². The number of hydrogen-bond acceptors (Lipinski definition) is 4. The summed E-state index contributed by atoms with van der Waals surface area (Å²) in [6, 6.07) is 0.0317. The van der Waals surface area contributed by atoms with Crippen LogP contribution in [0, 0.1) is 5.92 Å². The molecule has 0 aromatic heterocycles. The SMILES string of the molecule is O=C1NCC2C1CCCN2C(=O)C1CNCCO1. The molecular formula is C12H19N3O3. The summed E-state index contributed by atoms with van der Waals surface area (Å²) in [5.74, 6) is 0.118. The van der Waals surface area contributed by atoms with Crippen molar-refractivity contribution in [3.05, 3.63) is 0 Å². The predicted molar refractivity (Wildman–Crippen MR) is 63.8 cm³/mol. The van der Waals surface area contributed by atoms with Crippen LogP contribution in [0.4, 0.5) is 0 Å². The topological polar surface area (TPSA) is 70.7 Å². The number of morpholine rings is 1. The number of hydrogen-bond donors (Lipinski definition) is 2. The number of carbonyl (C=O) groups excluding carboxylic acids is 2. The highest BCUT2D eigenvalue weighted by molar-refractivity contribution is 5.86. The van der Waals surface area contributed by atoms with E-state index < -0.39 is 0 Å². The molecule has 2 N–H and O–H groups in total. The predicted octanol–water partition coefficient (Wildman–Crippen LogP) is -1.29. The van der Waals surface area contributed by atoms with E-state index in [1.807, 2.05) is 4.90 Å². The first-order valence-electron chi connectivity index (χ1n) is 6.68. The third kappa shape index (κ3) is 1.99. The Hall–Kier alpha value is -1.14. The molecule has 0 aliphatic carbocycles. The van der Waals surface area contributed by atoms with Crippen molar-refractivity contribution < 1.29 is 14.3 Å². The van der Waals surface area contributed by atoms with Gasteiger partial charge < -0.3 is 20.3 Å². The van der Waals surface area contributed by atoms with Gasteiger partial charge in [0.25, 0.3) is 5.91 Å². The number of nitrogens with one attached hydrogen (secondary N) is 2. The summed E-state index contributed by atoms with van der Waals surface area (Å²) in [6.45, 7) is 3.30. The lowest BCUT2D eigenvalue weighted by molar-refractivity contribution is -0.150. The summed E-state index contributed by atoms with van der Waals surface area (Å²) in [6.07, 6.45) is 1.41. The average molecular weight is 253 g/mol. The molecule has 3 fully saturated rings. The molecule has 0 spiro atoms. The van der Waals surface area contributed by atoms with E-state index in [4.69, 9.17) is 4.74 Å². The fourth-order valence-corrected chi connectivity index (χ4v) is 3.13. The highest BCUT2D eigenvalue weighted by Gasteiger charge is 2.44. The van der Waals surface area contributed by atoms with E-state index in [1.165, 1.54) is 0 Å². The molecule has 0 aromatic rings. The average Bonchev–Trinajstić information content (AvgIpc) is 2.81. The highest BCUT2D eigenvalue weighted by Crippen LogP contribution is 2.28. The molecule has 3 aliphatic heterocycles. The Labute approximate surface area is 106 Å². The van der Waals surface area contributed by atoms with Crippen LogP contribution in [-0.4, -0.2) is 61.6 Å². The number of carbonyl (C=O) groups is 2. The van der Waals surface area contributed by atoms with Crippen molar-refractivity contribution in [3.63, 3.8) is 0 Å². The molecule has 3 rings (SSSR count). The number of rotatable bonds is 1. The third-order valence-corrected chi connectivity index (χ3v) is 4.09. The summed E-state index contributed by atoms with van der Waals surface area (Å²) in [5.41, 5.74) is 0. The van der Waals surface area contributed by atoms with Gasteiger partial charge in [0.15, 0.2) is 0 Å². The molecule has 3 unspecified atom stereocenters. The van der Waals surface area contributed by atoms with Crippen LogP contribution in [-0.2, 0) is 14.3 Å². The second-order valence-electron chi connectivity index (χ2n) is 5.16. The Balaban J connectivity index is 1.70. The van der Waals surface area contributed by atoms with E-state index in [-0.39, 0.29) is 29.9 Å². The monoisotopic (exact) mass is 253 g/mol. The zero-order chi connectivity index (χ0) is 12.5. The Morgan fingerprint density at radius 3 is 3.06 bits per heavy atom. The van der Waals surface area contributed by atoms with E-state index in [2.05, 4.69) is 10.6 Å². The number of likely N-dealkylation sites (tertiary alicyclic amines) is 1. The van der Waals surface area contributed by atoms with Crippen LogP contribution in [0.3, 0.4) is 0 Å². The molecule has 2 amide bonds. The first-order chi connectivity index (χ1) is 8.77. The van der Waals surface area contributed by atoms with Gasteiger partial charge in [0.05, 0.1) is 18.6 Å². The molecule has 0 bridgehead atoms. The quantitative estimate of drug-likeness (QED) is 0.610. The van der Waals surface area contributed by atoms with Gasteiger partial charge in [-0.15, -0.1) is 0 Å². The molecule has 3 heterocycles. The molecule has 3 aliphatic rings. The lowest BCUT2D eigenvalue weighted by Gasteiger charge is -2.38. The maximum Gasteiger partial charge on any atom is 0.253 e. The first kappa shape index (κ1) is 11.9. The Kier molecular flexibility index (Phi) is 3.22. The molecule has 3 saturated heterocycles. The summed E-state index contributed by atoms with van der Waals surface area (Å²) >= 11 is 0.